The second-order valence-corrected chi connectivity index (χ2v) is 5.85. The second-order valence-electron chi connectivity index (χ2n) is 4.71. The minimum atomic E-state index is -0.744. The van der Waals surface area contributed by atoms with E-state index in [9.17, 15) is 9.59 Å². The van der Waals surface area contributed by atoms with Crippen LogP contribution in [-0.2, 0) is 22.4 Å². The van der Waals surface area contributed by atoms with Gasteiger partial charge in [-0.2, -0.15) is 0 Å². The van der Waals surface area contributed by atoms with Crippen LogP contribution >= 0.6 is 11.3 Å². The predicted octanol–water partition coefficient (Wildman–Crippen LogP) is 2.31. The molecule has 1 aliphatic rings. The normalized spacial score (nSPS) is 15.5. The number of likely N-dealkylation sites (N-methyl/N-ethyl adjacent to an activating group) is 1. The maximum Gasteiger partial charge on any atom is 0.349 e. The van der Waals surface area contributed by atoms with Gasteiger partial charge in [-0.25, -0.2) is 4.79 Å². The Balaban J connectivity index is 2.00. The molecule has 2 rings (SSSR count). The van der Waals surface area contributed by atoms with Crippen LogP contribution in [0, 0.1) is 0 Å². The SMILES string of the molecule is CCNC(=O)[C@@H](C)OC(=O)c1cc2c(s1)CCCC2. The number of aryl methyl sites for hydroxylation is 2. The number of carbonyl (C=O) groups excluding carboxylic acids is 2. The van der Waals surface area contributed by atoms with Gasteiger partial charge in [-0.05, 0) is 51.2 Å². The van der Waals surface area contributed by atoms with E-state index in [4.69, 9.17) is 4.74 Å². The molecule has 0 unspecified atom stereocenters. The standard InChI is InChI=1S/C14H19NO3S/c1-3-15-13(16)9(2)18-14(17)12-8-10-6-4-5-7-11(10)19-12/h8-9H,3-7H2,1-2H3,(H,15,16)/t9-/m1/s1. The van der Waals surface area contributed by atoms with Crippen molar-refractivity contribution in [2.45, 2.75) is 45.6 Å². The fraction of sp³-hybridized carbons (Fsp3) is 0.571. The molecule has 0 saturated carbocycles. The third-order valence-corrected chi connectivity index (χ3v) is 4.42. The Morgan fingerprint density at radius 1 is 1.42 bits per heavy atom. The van der Waals surface area contributed by atoms with Gasteiger partial charge in [0.05, 0.1) is 0 Å². The Morgan fingerprint density at radius 3 is 2.84 bits per heavy atom. The van der Waals surface area contributed by atoms with Crippen molar-refractivity contribution in [1.82, 2.24) is 5.32 Å². The number of hydrogen-bond acceptors (Lipinski definition) is 4. The third-order valence-electron chi connectivity index (χ3n) is 3.20. The van der Waals surface area contributed by atoms with Crippen LogP contribution in [0.2, 0.25) is 0 Å². The first-order chi connectivity index (χ1) is 9.11. The van der Waals surface area contributed by atoms with E-state index >= 15 is 0 Å². The molecule has 1 aromatic heterocycles. The average molecular weight is 281 g/mol. The molecule has 4 nitrogen and oxygen atoms in total. The number of fused-ring (bicyclic) bond motifs is 1. The molecule has 0 radical (unpaired) electrons. The summed E-state index contributed by atoms with van der Waals surface area (Å²) in [6.45, 7) is 3.96. The molecule has 1 heterocycles. The number of amides is 1. The maximum atomic E-state index is 12.0. The van der Waals surface area contributed by atoms with Gasteiger partial charge in [0.2, 0.25) is 0 Å². The molecule has 104 valence electrons. The Kier molecular flexibility index (Phi) is 4.58. The number of carbonyl (C=O) groups is 2. The topological polar surface area (TPSA) is 55.4 Å². The summed E-state index contributed by atoms with van der Waals surface area (Å²) in [6, 6.07) is 1.92. The second kappa shape index (κ2) is 6.19. The van der Waals surface area contributed by atoms with E-state index in [-0.39, 0.29) is 5.91 Å². The van der Waals surface area contributed by atoms with E-state index in [1.807, 2.05) is 13.0 Å². The maximum absolute atomic E-state index is 12.0. The van der Waals surface area contributed by atoms with Gasteiger partial charge in [0, 0.05) is 11.4 Å². The Hall–Kier alpha value is -1.36. The number of ether oxygens (including phenoxy) is 1. The summed E-state index contributed by atoms with van der Waals surface area (Å²) in [5, 5.41) is 2.64. The Labute approximate surface area is 117 Å². The third kappa shape index (κ3) is 3.35. The summed E-state index contributed by atoms with van der Waals surface area (Å²) in [4.78, 5) is 25.4. The van der Waals surface area contributed by atoms with Crippen LogP contribution in [0.4, 0.5) is 0 Å². The van der Waals surface area contributed by atoms with Crippen LogP contribution in [0.1, 0.15) is 46.8 Å². The molecule has 0 fully saturated rings. The molecule has 1 N–H and O–H groups in total. The molecule has 1 aromatic rings. The van der Waals surface area contributed by atoms with Crippen molar-refractivity contribution < 1.29 is 14.3 Å². The predicted molar refractivity (Wildman–Crippen MR) is 74.5 cm³/mol. The van der Waals surface area contributed by atoms with Crippen molar-refractivity contribution in [2.24, 2.45) is 0 Å². The van der Waals surface area contributed by atoms with Gasteiger partial charge in [0.25, 0.3) is 5.91 Å². The molecular formula is C14H19NO3S. The van der Waals surface area contributed by atoms with E-state index in [2.05, 4.69) is 5.32 Å². The van der Waals surface area contributed by atoms with Crippen molar-refractivity contribution in [1.29, 1.82) is 0 Å². The van der Waals surface area contributed by atoms with Gasteiger partial charge < -0.3 is 10.1 Å². The minimum absolute atomic E-state index is 0.253. The van der Waals surface area contributed by atoms with E-state index in [0.717, 1.165) is 12.8 Å². The summed E-state index contributed by atoms with van der Waals surface area (Å²) >= 11 is 1.50. The van der Waals surface area contributed by atoms with Crippen molar-refractivity contribution in [3.05, 3.63) is 21.4 Å². The van der Waals surface area contributed by atoms with Gasteiger partial charge in [0.1, 0.15) is 4.88 Å². The molecule has 0 aromatic carbocycles. The first-order valence-electron chi connectivity index (χ1n) is 6.72. The van der Waals surface area contributed by atoms with Gasteiger partial charge in [-0.15, -0.1) is 11.3 Å². The van der Waals surface area contributed by atoms with Crippen LogP contribution in [0.3, 0.4) is 0 Å². The van der Waals surface area contributed by atoms with Gasteiger partial charge in [-0.1, -0.05) is 0 Å². The highest BCUT2D eigenvalue weighted by atomic mass is 32.1. The zero-order valence-corrected chi connectivity index (χ0v) is 12.1. The molecular weight excluding hydrogens is 262 g/mol. The van der Waals surface area contributed by atoms with Gasteiger partial charge in [0.15, 0.2) is 6.10 Å². The smallest absolute Gasteiger partial charge is 0.349 e. The van der Waals surface area contributed by atoms with E-state index in [1.54, 1.807) is 6.92 Å². The number of esters is 1. The Morgan fingerprint density at radius 2 is 2.16 bits per heavy atom. The van der Waals surface area contributed by atoms with Crippen molar-refractivity contribution >= 4 is 23.2 Å². The molecule has 1 amide bonds. The lowest BCUT2D eigenvalue weighted by atomic mass is 9.99. The lowest BCUT2D eigenvalue weighted by Gasteiger charge is -2.11. The summed E-state index contributed by atoms with van der Waals surface area (Å²) in [5.41, 5.74) is 1.27. The molecule has 0 aliphatic heterocycles. The first-order valence-corrected chi connectivity index (χ1v) is 7.53. The summed E-state index contributed by atoms with van der Waals surface area (Å²) < 4.78 is 5.19. The zero-order chi connectivity index (χ0) is 13.8. The number of rotatable bonds is 4. The van der Waals surface area contributed by atoms with E-state index < -0.39 is 12.1 Å². The highest BCUT2D eigenvalue weighted by molar-refractivity contribution is 7.14. The number of nitrogens with one attached hydrogen (secondary N) is 1. The molecule has 0 saturated heterocycles. The highest BCUT2D eigenvalue weighted by Gasteiger charge is 2.22. The molecule has 1 aliphatic carbocycles. The lowest BCUT2D eigenvalue weighted by Crippen LogP contribution is -2.35. The van der Waals surface area contributed by atoms with Gasteiger partial charge in [-0.3, -0.25) is 4.79 Å². The quantitative estimate of drug-likeness (QED) is 0.862. The van der Waals surface area contributed by atoms with Crippen LogP contribution in [0.15, 0.2) is 6.07 Å². The van der Waals surface area contributed by atoms with Crippen LogP contribution < -0.4 is 5.32 Å². The summed E-state index contributed by atoms with van der Waals surface area (Å²) in [5.74, 6) is -0.643. The molecule has 0 spiro atoms. The largest absolute Gasteiger partial charge is 0.448 e. The highest BCUT2D eigenvalue weighted by Crippen LogP contribution is 2.30. The fourth-order valence-corrected chi connectivity index (χ4v) is 3.32. The minimum Gasteiger partial charge on any atom is -0.448 e. The number of hydrogen-bond donors (Lipinski definition) is 1. The molecule has 0 bridgehead atoms. The van der Waals surface area contributed by atoms with Gasteiger partial charge >= 0.3 is 5.97 Å². The average Bonchev–Trinajstić information content (AvgIpc) is 2.82. The summed E-state index contributed by atoms with van der Waals surface area (Å²) in [6.07, 6.45) is 3.74. The van der Waals surface area contributed by atoms with Crippen LogP contribution in [0.25, 0.3) is 0 Å². The molecule has 5 heteroatoms. The van der Waals surface area contributed by atoms with Crippen LogP contribution in [0.5, 0.6) is 0 Å². The van der Waals surface area contributed by atoms with Crippen molar-refractivity contribution in [3.8, 4) is 0 Å². The van der Waals surface area contributed by atoms with E-state index in [1.165, 1.54) is 34.6 Å². The lowest BCUT2D eigenvalue weighted by molar-refractivity contribution is -0.128. The monoisotopic (exact) mass is 281 g/mol. The number of thiophene rings is 1. The van der Waals surface area contributed by atoms with Crippen molar-refractivity contribution in [2.75, 3.05) is 6.54 Å². The Bertz CT molecular complexity index is 458. The van der Waals surface area contributed by atoms with E-state index in [0.29, 0.717) is 11.4 Å². The fourth-order valence-electron chi connectivity index (χ4n) is 2.18. The van der Waals surface area contributed by atoms with Crippen molar-refractivity contribution in [3.63, 3.8) is 0 Å². The first kappa shape index (κ1) is 14.1. The summed E-state index contributed by atoms with van der Waals surface area (Å²) in [7, 11) is 0. The molecule has 19 heavy (non-hydrogen) atoms. The van der Waals surface area contributed by atoms with Crippen LogP contribution in [-0.4, -0.2) is 24.5 Å². The molecule has 1 atom stereocenters. The zero-order valence-electron chi connectivity index (χ0n) is 11.3.